The van der Waals surface area contributed by atoms with Gasteiger partial charge in [-0.3, -0.25) is 4.79 Å². The second kappa shape index (κ2) is 5.85. The molecule has 0 spiro atoms. The minimum absolute atomic E-state index is 0.0549. The van der Waals surface area contributed by atoms with Gasteiger partial charge in [-0.15, -0.1) is 0 Å². The van der Waals surface area contributed by atoms with Gasteiger partial charge in [0.15, 0.2) is 0 Å². The molecule has 0 bridgehead atoms. The number of hydrogen-bond acceptors (Lipinski definition) is 1. The molecule has 0 saturated heterocycles. The Bertz CT molecular complexity index is 583. The number of halogens is 2. The van der Waals surface area contributed by atoms with Crippen LogP contribution >= 0.6 is 31.9 Å². The van der Waals surface area contributed by atoms with Crippen LogP contribution in [0.5, 0.6) is 0 Å². The minimum Gasteiger partial charge on any atom is -0.341 e. The summed E-state index contributed by atoms with van der Waals surface area (Å²) in [5, 5.41) is 3.00. The smallest absolute Gasteiger partial charge is 0.253 e. The first-order chi connectivity index (χ1) is 8.61. The highest BCUT2D eigenvalue weighted by Crippen LogP contribution is 2.21. The van der Waals surface area contributed by atoms with Crippen LogP contribution < -0.4 is 0 Å². The molecule has 0 heterocycles. The van der Waals surface area contributed by atoms with Crippen molar-refractivity contribution in [2.24, 2.45) is 0 Å². The van der Waals surface area contributed by atoms with Crippen molar-refractivity contribution < 1.29 is 4.79 Å². The van der Waals surface area contributed by atoms with E-state index in [0.717, 1.165) is 26.1 Å². The molecule has 2 aromatic rings. The Kier molecular flexibility index (Phi) is 4.40. The lowest BCUT2D eigenvalue weighted by Crippen LogP contribution is -2.28. The van der Waals surface area contributed by atoms with Gasteiger partial charge in [-0.2, -0.15) is 0 Å². The third kappa shape index (κ3) is 2.93. The summed E-state index contributed by atoms with van der Waals surface area (Å²) in [6.45, 7) is 0.706. The molecule has 94 valence electrons. The molecule has 0 aromatic heterocycles. The molecule has 2 rings (SSSR count). The van der Waals surface area contributed by atoms with Crippen LogP contribution in [-0.4, -0.2) is 29.7 Å². The average molecular weight is 371 g/mol. The lowest BCUT2D eigenvalue weighted by atomic mass is 10.1. The van der Waals surface area contributed by atoms with E-state index in [9.17, 15) is 4.79 Å². The molecule has 4 heteroatoms. The molecule has 2 aromatic carbocycles. The van der Waals surface area contributed by atoms with Crippen molar-refractivity contribution in [1.29, 1.82) is 0 Å². The van der Waals surface area contributed by atoms with Crippen molar-refractivity contribution in [3.8, 4) is 0 Å². The first-order valence-electron chi connectivity index (χ1n) is 5.62. The third-order valence-electron chi connectivity index (χ3n) is 2.82. The average Bonchev–Trinajstić information content (AvgIpc) is 2.37. The molecular weight excluding hydrogens is 358 g/mol. The van der Waals surface area contributed by atoms with Gasteiger partial charge in [0.25, 0.3) is 5.91 Å². The molecule has 0 radical (unpaired) electrons. The van der Waals surface area contributed by atoms with Crippen LogP contribution in [0.25, 0.3) is 10.8 Å². The van der Waals surface area contributed by atoms with Gasteiger partial charge < -0.3 is 4.90 Å². The second-order valence-corrected chi connectivity index (χ2v) is 5.83. The van der Waals surface area contributed by atoms with Gasteiger partial charge in [-0.05, 0) is 35.0 Å². The lowest BCUT2D eigenvalue weighted by Gasteiger charge is -2.15. The molecule has 0 unspecified atom stereocenters. The van der Waals surface area contributed by atoms with Crippen LogP contribution in [0.1, 0.15) is 10.4 Å². The summed E-state index contributed by atoms with van der Waals surface area (Å²) in [6.07, 6.45) is 0. The number of hydrogen-bond donors (Lipinski definition) is 0. The Morgan fingerprint density at radius 2 is 1.83 bits per heavy atom. The zero-order chi connectivity index (χ0) is 13.1. The molecule has 18 heavy (non-hydrogen) atoms. The number of carbonyl (C=O) groups is 1. The highest BCUT2D eigenvalue weighted by molar-refractivity contribution is 9.10. The SMILES string of the molecule is CN(CCBr)C(=O)c1ccc2cc(Br)ccc2c1. The number of rotatable bonds is 3. The first kappa shape index (κ1) is 13.6. The van der Waals surface area contributed by atoms with E-state index in [1.807, 2.05) is 43.4 Å². The van der Waals surface area contributed by atoms with E-state index >= 15 is 0 Å². The number of alkyl halides is 1. The summed E-state index contributed by atoms with van der Waals surface area (Å²) >= 11 is 6.78. The fourth-order valence-corrected chi connectivity index (χ4v) is 2.71. The highest BCUT2D eigenvalue weighted by Gasteiger charge is 2.11. The number of carbonyl (C=O) groups excluding carboxylic acids is 1. The molecule has 0 N–H and O–H groups in total. The highest BCUT2D eigenvalue weighted by atomic mass is 79.9. The van der Waals surface area contributed by atoms with Crippen molar-refractivity contribution in [2.45, 2.75) is 0 Å². The Labute approximate surface area is 123 Å². The number of fused-ring (bicyclic) bond motifs is 1. The number of benzene rings is 2. The maximum atomic E-state index is 12.1. The van der Waals surface area contributed by atoms with Crippen molar-refractivity contribution >= 4 is 48.5 Å². The Hall–Kier alpha value is -0.870. The van der Waals surface area contributed by atoms with Crippen LogP contribution in [0, 0.1) is 0 Å². The van der Waals surface area contributed by atoms with Gasteiger partial charge in [0.2, 0.25) is 0 Å². The lowest BCUT2D eigenvalue weighted by molar-refractivity contribution is 0.0804. The summed E-state index contributed by atoms with van der Waals surface area (Å²) in [7, 11) is 1.81. The van der Waals surface area contributed by atoms with E-state index in [4.69, 9.17) is 0 Å². The van der Waals surface area contributed by atoms with Crippen LogP contribution in [0.4, 0.5) is 0 Å². The number of amides is 1. The van der Waals surface area contributed by atoms with Gasteiger partial charge in [0.1, 0.15) is 0 Å². The molecule has 1 amide bonds. The van der Waals surface area contributed by atoms with Gasteiger partial charge in [-0.1, -0.05) is 44.0 Å². The maximum absolute atomic E-state index is 12.1. The summed E-state index contributed by atoms with van der Waals surface area (Å²) < 4.78 is 1.05. The minimum atomic E-state index is 0.0549. The predicted octanol–water partition coefficient (Wildman–Crippen LogP) is 4.07. The van der Waals surface area contributed by atoms with E-state index in [0.29, 0.717) is 6.54 Å². The van der Waals surface area contributed by atoms with E-state index in [-0.39, 0.29) is 5.91 Å². The molecule has 0 aliphatic heterocycles. The van der Waals surface area contributed by atoms with Crippen LogP contribution in [0.15, 0.2) is 40.9 Å². The summed E-state index contributed by atoms with van der Waals surface area (Å²) in [5.74, 6) is 0.0549. The molecule has 2 nitrogen and oxygen atoms in total. The van der Waals surface area contributed by atoms with Gasteiger partial charge >= 0.3 is 0 Å². The number of nitrogens with zero attached hydrogens (tertiary/aromatic N) is 1. The monoisotopic (exact) mass is 369 g/mol. The topological polar surface area (TPSA) is 20.3 Å². The quantitative estimate of drug-likeness (QED) is 0.746. The third-order valence-corrected chi connectivity index (χ3v) is 3.66. The van der Waals surface area contributed by atoms with Crippen LogP contribution in [0.2, 0.25) is 0 Å². The standard InChI is InChI=1S/C14H13Br2NO/c1-17(7-6-15)14(18)12-3-2-11-9-13(16)5-4-10(11)8-12/h2-5,8-9H,6-7H2,1H3. The van der Waals surface area contributed by atoms with E-state index in [1.54, 1.807) is 4.90 Å². The zero-order valence-electron chi connectivity index (χ0n) is 9.99. The molecule has 0 fully saturated rings. The molecule has 0 atom stereocenters. The summed E-state index contributed by atoms with van der Waals surface area (Å²) in [6, 6.07) is 11.8. The second-order valence-electron chi connectivity index (χ2n) is 4.12. The van der Waals surface area contributed by atoms with Crippen molar-refractivity contribution in [2.75, 3.05) is 18.9 Å². The van der Waals surface area contributed by atoms with E-state index in [2.05, 4.69) is 31.9 Å². The molecule has 0 saturated carbocycles. The van der Waals surface area contributed by atoms with Crippen LogP contribution in [0.3, 0.4) is 0 Å². The van der Waals surface area contributed by atoms with Gasteiger partial charge in [0, 0.05) is 29.0 Å². The zero-order valence-corrected chi connectivity index (χ0v) is 13.2. The van der Waals surface area contributed by atoms with Gasteiger partial charge in [0.05, 0.1) is 0 Å². The largest absolute Gasteiger partial charge is 0.341 e. The Morgan fingerprint density at radius 3 is 2.56 bits per heavy atom. The predicted molar refractivity (Wildman–Crippen MR) is 82.4 cm³/mol. The Morgan fingerprint density at radius 1 is 1.17 bits per heavy atom. The van der Waals surface area contributed by atoms with E-state index in [1.165, 1.54) is 0 Å². The Balaban J connectivity index is 2.35. The molecular formula is C14H13Br2NO. The van der Waals surface area contributed by atoms with Gasteiger partial charge in [-0.25, -0.2) is 0 Å². The van der Waals surface area contributed by atoms with Crippen LogP contribution in [-0.2, 0) is 0 Å². The fraction of sp³-hybridized carbons (Fsp3) is 0.214. The fourth-order valence-electron chi connectivity index (χ4n) is 1.80. The summed E-state index contributed by atoms with van der Waals surface area (Å²) in [4.78, 5) is 13.9. The van der Waals surface area contributed by atoms with Crippen molar-refractivity contribution in [1.82, 2.24) is 4.90 Å². The van der Waals surface area contributed by atoms with Crippen molar-refractivity contribution in [3.63, 3.8) is 0 Å². The summed E-state index contributed by atoms with van der Waals surface area (Å²) in [5.41, 5.74) is 0.730. The normalized spacial score (nSPS) is 10.6. The molecule has 0 aliphatic carbocycles. The van der Waals surface area contributed by atoms with Crippen molar-refractivity contribution in [3.05, 3.63) is 46.4 Å². The first-order valence-corrected chi connectivity index (χ1v) is 7.54. The molecule has 0 aliphatic rings. The maximum Gasteiger partial charge on any atom is 0.253 e. The van der Waals surface area contributed by atoms with E-state index < -0.39 is 0 Å².